The molecular formula is C15H21NO4. The van der Waals surface area contributed by atoms with Gasteiger partial charge >= 0.3 is 5.97 Å². The van der Waals surface area contributed by atoms with Crippen molar-refractivity contribution < 1.29 is 19.4 Å². The zero-order chi connectivity index (χ0) is 14.6. The van der Waals surface area contributed by atoms with Crippen molar-refractivity contribution in [3.63, 3.8) is 0 Å². The van der Waals surface area contributed by atoms with Crippen LogP contribution in [-0.4, -0.2) is 35.9 Å². The first kappa shape index (κ1) is 14.7. The number of hydrogen-bond donors (Lipinski definition) is 2. The van der Waals surface area contributed by atoms with E-state index in [9.17, 15) is 9.90 Å². The highest BCUT2D eigenvalue weighted by molar-refractivity contribution is 5.78. The number of aliphatic carboxylic acids is 1. The van der Waals surface area contributed by atoms with E-state index in [-0.39, 0.29) is 6.61 Å². The van der Waals surface area contributed by atoms with Gasteiger partial charge in [0.15, 0.2) is 0 Å². The number of benzene rings is 1. The van der Waals surface area contributed by atoms with Crippen LogP contribution in [0.15, 0.2) is 24.3 Å². The van der Waals surface area contributed by atoms with E-state index in [1.807, 2.05) is 19.1 Å². The average Bonchev–Trinajstić information content (AvgIpc) is 3.22. The molecule has 0 heterocycles. The second kappa shape index (κ2) is 6.13. The second-order valence-electron chi connectivity index (χ2n) is 5.25. The minimum absolute atomic E-state index is 0.0901. The van der Waals surface area contributed by atoms with Crippen LogP contribution in [0.25, 0.3) is 0 Å². The van der Waals surface area contributed by atoms with E-state index >= 15 is 0 Å². The molecule has 0 aromatic heterocycles. The van der Waals surface area contributed by atoms with Crippen LogP contribution < -0.4 is 14.8 Å². The monoisotopic (exact) mass is 279 g/mol. The van der Waals surface area contributed by atoms with Crippen LogP contribution >= 0.6 is 0 Å². The molecule has 5 nitrogen and oxygen atoms in total. The number of carboxylic acids is 1. The van der Waals surface area contributed by atoms with Gasteiger partial charge in [0.1, 0.15) is 23.6 Å². The molecule has 2 N–H and O–H groups in total. The van der Waals surface area contributed by atoms with Crippen molar-refractivity contribution in [1.82, 2.24) is 5.32 Å². The van der Waals surface area contributed by atoms with Crippen molar-refractivity contribution in [3.8, 4) is 11.5 Å². The number of ether oxygens (including phenoxy) is 2. The maximum atomic E-state index is 11.4. The van der Waals surface area contributed by atoms with Crippen molar-refractivity contribution >= 4 is 5.97 Å². The molecule has 0 amide bonds. The Morgan fingerprint density at radius 1 is 1.30 bits per heavy atom. The first-order valence-corrected chi connectivity index (χ1v) is 6.90. The SMILES string of the molecule is CCOc1ccc(OCC(C)(NC2CC2)C(=O)O)cc1. The Balaban J connectivity index is 1.92. The highest BCUT2D eigenvalue weighted by Gasteiger charge is 2.39. The molecule has 1 aromatic carbocycles. The summed E-state index contributed by atoms with van der Waals surface area (Å²) >= 11 is 0. The average molecular weight is 279 g/mol. The first-order valence-electron chi connectivity index (χ1n) is 6.90. The van der Waals surface area contributed by atoms with E-state index < -0.39 is 11.5 Å². The molecule has 0 bridgehead atoms. The predicted molar refractivity (Wildman–Crippen MR) is 75.3 cm³/mol. The normalized spacial score (nSPS) is 17.3. The Morgan fingerprint density at radius 3 is 2.30 bits per heavy atom. The highest BCUT2D eigenvalue weighted by Crippen LogP contribution is 2.24. The third-order valence-corrected chi connectivity index (χ3v) is 3.23. The van der Waals surface area contributed by atoms with E-state index in [4.69, 9.17) is 9.47 Å². The summed E-state index contributed by atoms with van der Waals surface area (Å²) in [4.78, 5) is 11.4. The maximum absolute atomic E-state index is 11.4. The quantitative estimate of drug-likeness (QED) is 0.762. The summed E-state index contributed by atoms with van der Waals surface area (Å²) < 4.78 is 10.9. The Kier molecular flexibility index (Phi) is 4.49. The zero-order valence-corrected chi connectivity index (χ0v) is 11.9. The molecule has 0 spiro atoms. The number of nitrogens with one attached hydrogen (secondary N) is 1. The highest BCUT2D eigenvalue weighted by atomic mass is 16.5. The molecule has 1 saturated carbocycles. The molecule has 1 aliphatic rings. The van der Waals surface area contributed by atoms with Gasteiger partial charge in [-0.05, 0) is 51.0 Å². The van der Waals surface area contributed by atoms with Crippen molar-refractivity contribution in [3.05, 3.63) is 24.3 Å². The van der Waals surface area contributed by atoms with Gasteiger partial charge in [0.05, 0.1) is 6.61 Å². The van der Waals surface area contributed by atoms with Crippen LogP contribution in [-0.2, 0) is 4.79 Å². The molecule has 1 atom stereocenters. The molecule has 0 radical (unpaired) electrons. The Morgan fingerprint density at radius 2 is 1.85 bits per heavy atom. The van der Waals surface area contributed by atoms with E-state index in [0.29, 0.717) is 18.4 Å². The fourth-order valence-corrected chi connectivity index (χ4v) is 1.87. The number of carbonyl (C=O) groups is 1. The lowest BCUT2D eigenvalue weighted by molar-refractivity contribution is -0.145. The van der Waals surface area contributed by atoms with Crippen LogP contribution in [0.2, 0.25) is 0 Å². The summed E-state index contributed by atoms with van der Waals surface area (Å²) in [5, 5.41) is 12.5. The summed E-state index contributed by atoms with van der Waals surface area (Å²) in [5.74, 6) is 0.519. The third-order valence-electron chi connectivity index (χ3n) is 3.23. The summed E-state index contributed by atoms with van der Waals surface area (Å²) in [6, 6.07) is 7.49. The van der Waals surface area contributed by atoms with Gasteiger partial charge in [-0.15, -0.1) is 0 Å². The van der Waals surface area contributed by atoms with Gasteiger partial charge in [-0.3, -0.25) is 10.1 Å². The van der Waals surface area contributed by atoms with E-state index in [1.54, 1.807) is 19.1 Å². The lowest BCUT2D eigenvalue weighted by Crippen LogP contribution is -2.54. The molecule has 110 valence electrons. The van der Waals surface area contributed by atoms with Gasteiger partial charge < -0.3 is 14.6 Å². The lowest BCUT2D eigenvalue weighted by Gasteiger charge is -2.26. The summed E-state index contributed by atoms with van der Waals surface area (Å²) in [7, 11) is 0. The van der Waals surface area contributed by atoms with Crippen LogP contribution in [0.1, 0.15) is 26.7 Å². The van der Waals surface area contributed by atoms with Gasteiger partial charge in [0.2, 0.25) is 0 Å². The van der Waals surface area contributed by atoms with Gasteiger partial charge in [0, 0.05) is 6.04 Å². The molecule has 1 aromatic rings. The predicted octanol–water partition coefficient (Wildman–Crippen LogP) is 2.06. The first-order chi connectivity index (χ1) is 9.53. The summed E-state index contributed by atoms with van der Waals surface area (Å²) in [6.07, 6.45) is 2.07. The minimum atomic E-state index is -1.06. The Bertz CT molecular complexity index is 455. The van der Waals surface area contributed by atoms with Gasteiger partial charge in [0.25, 0.3) is 0 Å². The van der Waals surface area contributed by atoms with Crippen LogP contribution in [0.4, 0.5) is 0 Å². The van der Waals surface area contributed by atoms with E-state index in [0.717, 1.165) is 18.6 Å². The van der Waals surface area contributed by atoms with Crippen LogP contribution in [0.5, 0.6) is 11.5 Å². The number of rotatable bonds is 8. The fraction of sp³-hybridized carbons (Fsp3) is 0.533. The van der Waals surface area contributed by atoms with Crippen molar-refractivity contribution in [2.45, 2.75) is 38.3 Å². The summed E-state index contributed by atoms with van der Waals surface area (Å²) in [6.45, 7) is 4.28. The van der Waals surface area contributed by atoms with Crippen molar-refractivity contribution in [2.24, 2.45) is 0 Å². The van der Waals surface area contributed by atoms with Gasteiger partial charge in [-0.2, -0.15) is 0 Å². The molecule has 1 unspecified atom stereocenters. The largest absolute Gasteiger partial charge is 0.494 e. The Hall–Kier alpha value is -1.75. The van der Waals surface area contributed by atoms with Gasteiger partial charge in [-0.25, -0.2) is 0 Å². The molecule has 5 heteroatoms. The molecule has 2 rings (SSSR count). The third kappa shape index (κ3) is 3.87. The molecular weight excluding hydrogens is 258 g/mol. The smallest absolute Gasteiger partial charge is 0.327 e. The van der Waals surface area contributed by atoms with Crippen LogP contribution in [0, 0.1) is 0 Å². The van der Waals surface area contributed by atoms with Crippen molar-refractivity contribution in [1.29, 1.82) is 0 Å². The fourth-order valence-electron chi connectivity index (χ4n) is 1.87. The van der Waals surface area contributed by atoms with E-state index in [1.165, 1.54) is 0 Å². The lowest BCUT2D eigenvalue weighted by atomic mass is 10.0. The topological polar surface area (TPSA) is 67.8 Å². The zero-order valence-electron chi connectivity index (χ0n) is 11.9. The molecule has 20 heavy (non-hydrogen) atoms. The van der Waals surface area contributed by atoms with Crippen molar-refractivity contribution in [2.75, 3.05) is 13.2 Å². The standard InChI is InChI=1S/C15H21NO4/c1-3-19-12-6-8-13(9-7-12)20-10-15(2,14(17)18)16-11-4-5-11/h6-9,11,16H,3-5,10H2,1-2H3,(H,17,18). The van der Waals surface area contributed by atoms with Gasteiger partial charge in [-0.1, -0.05) is 0 Å². The maximum Gasteiger partial charge on any atom is 0.327 e. The number of hydrogen-bond acceptors (Lipinski definition) is 4. The molecule has 1 aliphatic carbocycles. The van der Waals surface area contributed by atoms with Crippen LogP contribution in [0.3, 0.4) is 0 Å². The number of carboxylic acid groups (broad SMARTS) is 1. The molecule has 0 saturated heterocycles. The van der Waals surface area contributed by atoms with E-state index in [2.05, 4.69) is 5.32 Å². The Labute approximate surface area is 118 Å². The minimum Gasteiger partial charge on any atom is -0.494 e. The summed E-state index contributed by atoms with van der Waals surface area (Å²) in [5.41, 5.74) is -1.06. The molecule has 0 aliphatic heterocycles. The molecule has 1 fully saturated rings. The second-order valence-corrected chi connectivity index (χ2v) is 5.25.